The van der Waals surface area contributed by atoms with Crippen LogP contribution in [0, 0.1) is 0 Å². The minimum atomic E-state index is -0.509. The Labute approximate surface area is 136 Å². The second-order valence-electron chi connectivity index (χ2n) is 5.97. The van der Waals surface area contributed by atoms with Crippen molar-refractivity contribution in [2.75, 3.05) is 6.61 Å². The summed E-state index contributed by atoms with van der Waals surface area (Å²) in [7, 11) is 0. The normalized spacial score (nSPS) is 15.3. The third-order valence-electron chi connectivity index (χ3n) is 4.38. The van der Waals surface area contributed by atoms with Gasteiger partial charge in [-0.25, -0.2) is 4.98 Å². The molecule has 1 aliphatic rings. The van der Waals surface area contributed by atoms with Gasteiger partial charge in [0.25, 0.3) is 0 Å². The zero-order chi connectivity index (χ0) is 16.1. The summed E-state index contributed by atoms with van der Waals surface area (Å²) in [4.78, 5) is 15.4. The molecule has 1 saturated carbocycles. The standard InChI is InChI=1S/C19H21NO3/c21-13-18(22)16-8-11-19(20-12-16)23-17-9-6-15(7-10-17)14-4-2-1-3-5-14/h6-12,14,21H,1-5,13H2. The van der Waals surface area contributed by atoms with E-state index in [2.05, 4.69) is 17.1 Å². The number of nitrogens with zero attached hydrogens (tertiary/aromatic N) is 1. The minimum absolute atomic E-state index is 0.346. The van der Waals surface area contributed by atoms with Crippen LogP contribution in [0.2, 0.25) is 0 Å². The van der Waals surface area contributed by atoms with Crippen LogP contribution >= 0.6 is 0 Å². The topological polar surface area (TPSA) is 59.4 Å². The van der Waals surface area contributed by atoms with E-state index in [0.717, 1.165) is 5.75 Å². The fraction of sp³-hybridized carbons (Fsp3) is 0.368. The van der Waals surface area contributed by atoms with E-state index in [1.54, 1.807) is 12.1 Å². The van der Waals surface area contributed by atoms with Gasteiger partial charge in [0.1, 0.15) is 12.4 Å². The molecule has 0 amide bonds. The summed E-state index contributed by atoms with van der Waals surface area (Å²) in [6.07, 6.45) is 7.99. The highest BCUT2D eigenvalue weighted by molar-refractivity contribution is 5.96. The van der Waals surface area contributed by atoms with Gasteiger partial charge in [-0.1, -0.05) is 31.4 Å². The molecule has 0 bridgehead atoms. The first-order valence-corrected chi connectivity index (χ1v) is 8.14. The molecule has 3 rings (SSSR count). The Morgan fingerprint density at radius 1 is 1.09 bits per heavy atom. The van der Waals surface area contributed by atoms with Gasteiger partial charge in [0.05, 0.1) is 0 Å². The molecule has 1 fully saturated rings. The van der Waals surface area contributed by atoms with E-state index in [-0.39, 0.29) is 5.78 Å². The summed E-state index contributed by atoms with van der Waals surface area (Å²) in [6.45, 7) is -0.509. The number of aliphatic hydroxyl groups is 1. The predicted molar refractivity (Wildman–Crippen MR) is 88.0 cm³/mol. The highest BCUT2D eigenvalue weighted by Gasteiger charge is 2.15. The molecule has 23 heavy (non-hydrogen) atoms. The van der Waals surface area contributed by atoms with Gasteiger partial charge in [-0.15, -0.1) is 0 Å². The van der Waals surface area contributed by atoms with Gasteiger partial charge >= 0.3 is 0 Å². The number of ketones is 1. The smallest absolute Gasteiger partial charge is 0.219 e. The van der Waals surface area contributed by atoms with Crippen molar-refractivity contribution in [1.82, 2.24) is 4.98 Å². The molecule has 1 aliphatic carbocycles. The first-order valence-electron chi connectivity index (χ1n) is 8.14. The maximum absolute atomic E-state index is 11.3. The number of hydrogen-bond donors (Lipinski definition) is 1. The van der Waals surface area contributed by atoms with E-state index in [0.29, 0.717) is 17.4 Å². The summed E-state index contributed by atoms with van der Waals surface area (Å²) in [6, 6.07) is 11.5. The fourth-order valence-corrected chi connectivity index (χ4v) is 3.06. The number of rotatable bonds is 5. The van der Waals surface area contributed by atoms with Gasteiger partial charge < -0.3 is 9.84 Å². The van der Waals surface area contributed by atoms with Crippen molar-refractivity contribution >= 4 is 5.78 Å². The summed E-state index contributed by atoms with van der Waals surface area (Å²) < 4.78 is 5.70. The summed E-state index contributed by atoms with van der Waals surface area (Å²) in [5.74, 6) is 1.50. The van der Waals surface area contributed by atoms with Crippen LogP contribution in [0.5, 0.6) is 11.6 Å². The van der Waals surface area contributed by atoms with Crippen LogP contribution in [-0.4, -0.2) is 22.5 Å². The first kappa shape index (κ1) is 15.7. The number of aliphatic hydroxyl groups excluding tert-OH is 1. The number of carbonyl (C=O) groups is 1. The molecule has 4 heteroatoms. The average Bonchev–Trinajstić information content (AvgIpc) is 2.63. The quantitative estimate of drug-likeness (QED) is 0.845. The third kappa shape index (κ3) is 3.96. The Bertz CT molecular complexity index is 643. The van der Waals surface area contributed by atoms with Crippen LogP contribution in [-0.2, 0) is 0 Å². The van der Waals surface area contributed by atoms with E-state index in [4.69, 9.17) is 9.84 Å². The lowest BCUT2D eigenvalue weighted by Gasteiger charge is -2.22. The molecule has 0 saturated heterocycles. The van der Waals surface area contributed by atoms with Gasteiger partial charge in [0.15, 0.2) is 5.78 Å². The highest BCUT2D eigenvalue weighted by Crippen LogP contribution is 2.33. The van der Waals surface area contributed by atoms with Gasteiger partial charge in [-0.2, -0.15) is 0 Å². The molecule has 1 aromatic heterocycles. The summed E-state index contributed by atoms with van der Waals surface area (Å²) >= 11 is 0. The Morgan fingerprint density at radius 3 is 2.43 bits per heavy atom. The van der Waals surface area contributed by atoms with Crippen molar-refractivity contribution in [3.05, 3.63) is 53.7 Å². The lowest BCUT2D eigenvalue weighted by Crippen LogP contribution is -2.05. The fourth-order valence-electron chi connectivity index (χ4n) is 3.06. The molecule has 4 nitrogen and oxygen atoms in total. The molecule has 0 atom stereocenters. The van der Waals surface area contributed by atoms with E-state index in [1.807, 2.05) is 12.1 Å². The van der Waals surface area contributed by atoms with E-state index in [9.17, 15) is 4.79 Å². The molecule has 1 heterocycles. The molecule has 1 aromatic carbocycles. The number of pyridine rings is 1. The van der Waals surface area contributed by atoms with Gasteiger partial charge in [0.2, 0.25) is 5.88 Å². The van der Waals surface area contributed by atoms with Crippen molar-refractivity contribution in [2.45, 2.75) is 38.0 Å². The third-order valence-corrected chi connectivity index (χ3v) is 4.38. The Morgan fingerprint density at radius 2 is 1.83 bits per heavy atom. The number of carbonyl (C=O) groups excluding carboxylic acids is 1. The number of aromatic nitrogens is 1. The largest absolute Gasteiger partial charge is 0.439 e. The number of hydrogen-bond acceptors (Lipinski definition) is 4. The second-order valence-corrected chi connectivity index (χ2v) is 5.97. The molecule has 0 radical (unpaired) electrons. The molecule has 120 valence electrons. The maximum Gasteiger partial charge on any atom is 0.219 e. The van der Waals surface area contributed by atoms with Crippen molar-refractivity contribution in [2.24, 2.45) is 0 Å². The molecule has 2 aromatic rings. The van der Waals surface area contributed by atoms with Crippen LogP contribution in [0.3, 0.4) is 0 Å². The van der Waals surface area contributed by atoms with Crippen molar-refractivity contribution in [1.29, 1.82) is 0 Å². The van der Waals surface area contributed by atoms with E-state index >= 15 is 0 Å². The minimum Gasteiger partial charge on any atom is -0.439 e. The summed E-state index contributed by atoms with van der Waals surface area (Å²) in [5, 5.41) is 8.82. The van der Waals surface area contributed by atoms with E-state index < -0.39 is 6.61 Å². The molecular weight excluding hydrogens is 290 g/mol. The van der Waals surface area contributed by atoms with Crippen LogP contribution in [0.15, 0.2) is 42.6 Å². The lowest BCUT2D eigenvalue weighted by atomic mass is 9.84. The van der Waals surface area contributed by atoms with Gasteiger partial charge in [-0.3, -0.25) is 4.79 Å². The number of ether oxygens (including phenoxy) is 1. The zero-order valence-electron chi connectivity index (χ0n) is 13.1. The van der Waals surface area contributed by atoms with Crippen molar-refractivity contribution in [3.63, 3.8) is 0 Å². The summed E-state index contributed by atoms with van der Waals surface area (Å²) in [5.41, 5.74) is 1.77. The average molecular weight is 311 g/mol. The van der Waals surface area contributed by atoms with Crippen LogP contribution in [0.4, 0.5) is 0 Å². The molecule has 1 N–H and O–H groups in total. The second kappa shape index (κ2) is 7.38. The molecule has 0 unspecified atom stereocenters. The van der Waals surface area contributed by atoms with Gasteiger partial charge in [-0.05, 0) is 42.5 Å². The monoisotopic (exact) mass is 311 g/mol. The lowest BCUT2D eigenvalue weighted by molar-refractivity contribution is 0.0903. The Kier molecular flexibility index (Phi) is 5.03. The van der Waals surface area contributed by atoms with E-state index in [1.165, 1.54) is 43.9 Å². The highest BCUT2D eigenvalue weighted by atomic mass is 16.5. The maximum atomic E-state index is 11.3. The van der Waals surface area contributed by atoms with Gasteiger partial charge in [0, 0.05) is 17.8 Å². The molecular formula is C19H21NO3. The SMILES string of the molecule is O=C(CO)c1ccc(Oc2ccc(C3CCCCC3)cc2)nc1. The Hall–Kier alpha value is -2.20. The first-order chi connectivity index (χ1) is 11.3. The van der Waals surface area contributed by atoms with Crippen molar-refractivity contribution < 1.29 is 14.6 Å². The molecule has 0 aliphatic heterocycles. The Balaban J connectivity index is 1.64. The zero-order valence-corrected chi connectivity index (χ0v) is 13.1. The predicted octanol–water partition coefficient (Wildman–Crippen LogP) is 4.10. The van der Waals surface area contributed by atoms with Crippen molar-refractivity contribution in [3.8, 4) is 11.6 Å². The van der Waals surface area contributed by atoms with Crippen LogP contribution in [0.1, 0.15) is 53.9 Å². The van der Waals surface area contributed by atoms with Crippen LogP contribution in [0.25, 0.3) is 0 Å². The van der Waals surface area contributed by atoms with Crippen LogP contribution < -0.4 is 4.74 Å². The molecule has 0 spiro atoms. The number of benzene rings is 1. The number of Topliss-reactive ketones (excluding diaryl/α,β-unsaturated/α-hetero) is 1.